The van der Waals surface area contributed by atoms with E-state index in [-0.39, 0.29) is 12.3 Å². The number of carbonyl (C=O) groups is 1. The van der Waals surface area contributed by atoms with Gasteiger partial charge in [-0.3, -0.25) is 0 Å². The van der Waals surface area contributed by atoms with Gasteiger partial charge in [-0.05, 0) is 44.0 Å². The molecular weight excluding hydrogens is 330 g/mol. The van der Waals surface area contributed by atoms with E-state index in [4.69, 9.17) is 9.47 Å². The molecule has 26 heavy (non-hydrogen) atoms. The Hall–Kier alpha value is -3.15. The van der Waals surface area contributed by atoms with Gasteiger partial charge in [0.2, 0.25) is 0 Å². The average Bonchev–Trinajstić information content (AvgIpc) is 3.03. The molecule has 0 fully saturated rings. The lowest BCUT2D eigenvalue weighted by molar-refractivity contribution is 0.0464. The predicted octanol–water partition coefficient (Wildman–Crippen LogP) is 3.64. The largest absolute Gasteiger partial charge is 0.492 e. The normalized spacial score (nSPS) is 10.6. The summed E-state index contributed by atoms with van der Waals surface area (Å²) in [6.45, 7) is 6.42. The van der Waals surface area contributed by atoms with Crippen LogP contribution in [0.2, 0.25) is 0 Å². The molecule has 6 heteroatoms. The standard InChI is InChI=1S/C20H21N3O3/c1-4-25-18-12-8-7-11-17(18)23-15(3)19(21-22-23)20(24)26-13-16-10-6-5-9-14(16)2/h5-12H,4,13H2,1-3H3. The third-order valence-corrected chi connectivity index (χ3v) is 4.10. The smallest absolute Gasteiger partial charge is 0.361 e. The summed E-state index contributed by atoms with van der Waals surface area (Å²) in [7, 11) is 0. The summed E-state index contributed by atoms with van der Waals surface area (Å²) in [4.78, 5) is 12.4. The second-order valence-electron chi connectivity index (χ2n) is 5.84. The molecule has 0 aliphatic carbocycles. The Balaban J connectivity index is 1.81. The van der Waals surface area contributed by atoms with Crippen molar-refractivity contribution in [2.45, 2.75) is 27.4 Å². The van der Waals surface area contributed by atoms with Crippen LogP contribution in [0.3, 0.4) is 0 Å². The third-order valence-electron chi connectivity index (χ3n) is 4.10. The van der Waals surface area contributed by atoms with Gasteiger partial charge in [-0.1, -0.05) is 41.6 Å². The highest BCUT2D eigenvalue weighted by atomic mass is 16.5. The topological polar surface area (TPSA) is 66.2 Å². The van der Waals surface area contributed by atoms with Crippen molar-refractivity contribution in [2.24, 2.45) is 0 Å². The Kier molecular flexibility index (Phi) is 5.31. The summed E-state index contributed by atoms with van der Waals surface area (Å²) in [5.41, 5.74) is 3.58. The number of rotatable bonds is 6. The van der Waals surface area contributed by atoms with Crippen molar-refractivity contribution in [3.63, 3.8) is 0 Å². The minimum absolute atomic E-state index is 0.199. The lowest BCUT2D eigenvalue weighted by Crippen LogP contribution is -2.09. The number of para-hydroxylation sites is 2. The van der Waals surface area contributed by atoms with Crippen LogP contribution in [0.1, 0.15) is 34.2 Å². The van der Waals surface area contributed by atoms with Crippen LogP contribution < -0.4 is 4.74 Å². The molecule has 0 amide bonds. The van der Waals surface area contributed by atoms with Gasteiger partial charge < -0.3 is 9.47 Å². The van der Waals surface area contributed by atoms with E-state index in [0.717, 1.165) is 16.8 Å². The number of hydrogen-bond donors (Lipinski definition) is 0. The zero-order chi connectivity index (χ0) is 18.5. The molecule has 0 unspecified atom stereocenters. The quantitative estimate of drug-likeness (QED) is 0.634. The first-order valence-electron chi connectivity index (χ1n) is 8.48. The third kappa shape index (κ3) is 3.59. The highest BCUT2D eigenvalue weighted by molar-refractivity contribution is 5.88. The Labute approximate surface area is 152 Å². The van der Waals surface area contributed by atoms with Crippen molar-refractivity contribution >= 4 is 5.97 Å². The SMILES string of the molecule is CCOc1ccccc1-n1nnc(C(=O)OCc2ccccc2C)c1C. The lowest BCUT2D eigenvalue weighted by Gasteiger charge is -2.10. The number of hydrogen-bond acceptors (Lipinski definition) is 5. The molecule has 0 radical (unpaired) electrons. The molecule has 0 atom stereocenters. The van der Waals surface area contributed by atoms with Gasteiger partial charge in [0.1, 0.15) is 18.0 Å². The summed E-state index contributed by atoms with van der Waals surface area (Å²) in [5.74, 6) is 0.189. The molecule has 0 saturated carbocycles. The van der Waals surface area contributed by atoms with Crippen LogP contribution in [0.4, 0.5) is 0 Å². The zero-order valence-electron chi connectivity index (χ0n) is 15.1. The first-order valence-corrected chi connectivity index (χ1v) is 8.48. The average molecular weight is 351 g/mol. The van der Waals surface area contributed by atoms with Crippen molar-refractivity contribution in [3.8, 4) is 11.4 Å². The lowest BCUT2D eigenvalue weighted by atomic mass is 10.1. The Morgan fingerprint density at radius 1 is 1.08 bits per heavy atom. The minimum atomic E-state index is -0.495. The molecule has 0 saturated heterocycles. The maximum absolute atomic E-state index is 12.4. The fourth-order valence-corrected chi connectivity index (χ4v) is 2.64. The van der Waals surface area contributed by atoms with Crippen LogP contribution in [-0.2, 0) is 11.3 Å². The second-order valence-corrected chi connectivity index (χ2v) is 5.84. The maximum atomic E-state index is 12.4. The first-order chi connectivity index (χ1) is 12.6. The highest BCUT2D eigenvalue weighted by Gasteiger charge is 2.20. The summed E-state index contributed by atoms with van der Waals surface area (Å²) >= 11 is 0. The van der Waals surface area contributed by atoms with Crippen molar-refractivity contribution in [3.05, 3.63) is 71.0 Å². The Bertz CT molecular complexity index is 918. The van der Waals surface area contributed by atoms with Crippen LogP contribution >= 0.6 is 0 Å². The molecule has 6 nitrogen and oxygen atoms in total. The number of benzene rings is 2. The number of nitrogens with zero attached hydrogens (tertiary/aromatic N) is 3. The molecular formula is C20H21N3O3. The van der Waals surface area contributed by atoms with Gasteiger partial charge in [0.05, 0.1) is 12.3 Å². The van der Waals surface area contributed by atoms with Crippen LogP contribution in [0, 0.1) is 13.8 Å². The zero-order valence-corrected chi connectivity index (χ0v) is 15.1. The van der Waals surface area contributed by atoms with E-state index < -0.39 is 5.97 Å². The molecule has 1 aromatic heterocycles. The van der Waals surface area contributed by atoms with Gasteiger partial charge in [0.25, 0.3) is 0 Å². The number of esters is 1. The summed E-state index contributed by atoms with van der Waals surface area (Å²) in [6.07, 6.45) is 0. The number of carbonyl (C=O) groups excluding carboxylic acids is 1. The molecule has 1 heterocycles. The molecule has 2 aromatic carbocycles. The number of ether oxygens (including phenoxy) is 2. The fourth-order valence-electron chi connectivity index (χ4n) is 2.64. The van der Waals surface area contributed by atoms with Crippen LogP contribution in [0.25, 0.3) is 5.69 Å². The predicted molar refractivity (Wildman–Crippen MR) is 97.6 cm³/mol. The van der Waals surface area contributed by atoms with E-state index in [2.05, 4.69) is 10.3 Å². The molecule has 3 aromatic rings. The van der Waals surface area contributed by atoms with Crippen molar-refractivity contribution < 1.29 is 14.3 Å². The Morgan fingerprint density at radius 3 is 2.58 bits per heavy atom. The van der Waals surface area contributed by atoms with E-state index in [1.54, 1.807) is 11.6 Å². The number of aromatic nitrogens is 3. The Morgan fingerprint density at radius 2 is 1.81 bits per heavy atom. The molecule has 0 aliphatic heterocycles. The number of aryl methyl sites for hydroxylation is 1. The fraction of sp³-hybridized carbons (Fsp3) is 0.250. The van der Waals surface area contributed by atoms with Crippen molar-refractivity contribution in [1.29, 1.82) is 0 Å². The van der Waals surface area contributed by atoms with Gasteiger partial charge in [0.15, 0.2) is 5.69 Å². The van der Waals surface area contributed by atoms with E-state index >= 15 is 0 Å². The van der Waals surface area contributed by atoms with Gasteiger partial charge >= 0.3 is 5.97 Å². The monoisotopic (exact) mass is 351 g/mol. The van der Waals surface area contributed by atoms with E-state index in [0.29, 0.717) is 18.1 Å². The van der Waals surface area contributed by atoms with Gasteiger partial charge in [0, 0.05) is 0 Å². The van der Waals surface area contributed by atoms with Gasteiger partial charge in [-0.25, -0.2) is 9.48 Å². The molecule has 0 N–H and O–H groups in total. The van der Waals surface area contributed by atoms with E-state index in [9.17, 15) is 4.79 Å². The van der Waals surface area contributed by atoms with E-state index in [1.807, 2.05) is 62.4 Å². The highest BCUT2D eigenvalue weighted by Crippen LogP contribution is 2.24. The molecule has 0 bridgehead atoms. The van der Waals surface area contributed by atoms with E-state index in [1.165, 1.54) is 0 Å². The van der Waals surface area contributed by atoms with Crippen LogP contribution in [-0.4, -0.2) is 27.6 Å². The molecule has 0 spiro atoms. The van der Waals surface area contributed by atoms with Crippen molar-refractivity contribution in [2.75, 3.05) is 6.61 Å². The second kappa shape index (κ2) is 7.82. The van der Waals surface area contributed by atoms with Gasteiger partial charge in [-0.15, -0.1) is 5.10 Å². The van der Waals surface area contributed by atoms with Gasteiger partial charge in [-0.2, -0.15) is 0 Å². The summed E-state index contributed by atoms with van der Waals surface area (Å²) < 4.78 is 12.6. The first kappa shape index (κ1) is 17.7. The van der Waals surface area contributed by atoms with Crippen LogP contribution in [0.15, 0.2) is 48.5 Å². The molecule has 0 aliphatic rings. The van der Waals surface area contributed by atoms with Crippen LogP contribution in [0.5, 0.6) is 5.75 Å². The summed E-state index contributed by atoms with van der Waals surface area (Å²) in [5, 5.41) is 8.12. The molecule has 3 rings (SSSR count). The molecule has 134 valence electrons. The van der Waals surface area contributed by atoms with Crippen molar-refractivity contribution in [1.82, 2.24) is 15.0 Å². The maximum Gasteiger partial charge on any atom is 0.361 e. The minimum Gasteiger partial charge on any atom is -0.492 e. The summed E-state index contributed by atoms with van der Waals surface area (Å²) in [6, 6.07) is 15.3.